The number of piperidine rings is 1. The SMILES string of the molecule is C=CCc1cc(CN2CCC(c3cc(=O)[nH]c(-c4ccccn4)n3)CC2)cc(OC)c1OC. The summed E-state index contributed by atoms with van der Waals surface area (Å²) < 4.78 is 11.1. The van der Waals surface area contributed by atoms with Gasteiger partial charge in [-0.1, -0.05) is 18.2 Å². The number of aromatic nitrogens is 3. The van der Waals surface area contributed by atoms with Crippen LogP contribution in [0.1, 0.15) is 35.6 Å². The molecule has 0 saturated carbocycles. The molecule has 1 N–H and O–H groups in total. The van der Waals surface area contributed by atoms with E-state index in [1.807, 2.05) is 24.3 Å². The molecule has 1 aliphatic heterocycles. The number of benzene rings is 1. The topological polar surface area (TPSA) is 80.3 Å². The molecule has 1 aromatic carbocycles. The average molecular weight is 447 g/mol. The summed E-state index contributed by atoms with van der Waals surface area (Å²) in [7, 11) is 3.33. The van der Waals surface area contributed by atoms with Gasteiger partial charge in [0, 0.05) is 30.3 Å². The van der Waals surface area contributed by atoms with Crippen LogP contribution in [0.5, 0.6) is 11.5 Å². The highest BCUT2D eigenvalue weighted by Crippen LogP contribution is 2.34. The molecule has 0 atom stereocenters. The van der Waals surface area contributed by atoms with Crippen LogP contribution in [-0.2, 0) is 13.0 Å². The number of pyridine rings is 1. The second kappa shape index (κ2) is 10.4. The lowest BCUT2D eigenvalue weighted by Crippen LogP contribution is -2.33. The van der Waals surface area contributed by atoms with Crippen LogP contribution in [0.25, 0.3) is 11.5 Å². The molecule has 0 unspecified atom stereocenters. The summed E-state index contributed by atoms with van der Waals surface area (Å²) in [5, 5.41) is 0. The Morgan fingerprint density at radius 2 is 2.00 bits per heavy atom. The molecule has 33 heavy (non-hydrogen) atoms. The quantitative estimate of drug-likeness (QED) is 0.528. The zero-order valence-electron chi connectivity index (χ0n) is 19.2. The minimum atomic E-state index is -0.136. The standard InChI is InChI=1S/C26H30N4O3/c1-4-7-20-14-18(15-23(32-2)25(20)33-3)17-30-12-9-19(10-13-30)22-16-24(31)29-26(28-22)21-8-5-6-11-27-21/h4-6,8,11,14-16,19H,1,7,9-10,12-13,17H2,2-3H3,(H,28,29,31). The molecule has 172 valence electrons. The van der Waals surface area contributed by atoms with Gasteiger partial charge in [0.05, 0.1) is 19.9 Å². The van der Waals surface area contributed by atoms with Gasteiger partial charge < -0.3 is 14.5 Å². The minimum absolute atomic E-state index is 0.136. The van der Waals surface area contributed by atoms with E-state index in [4.69, 9.17) is 14.5 Å². The molecular weight excluding hydrogens is 416 g/mol. The fourth-order valence-electron chi connectivity index (χ4n) is 4.46. The molecule has 0 amide bonds. The summed E-state index contributed by atoms with van der Waals surface area (Å²) in [6.07, 6.45) is 6.20. The Bertz CT molecular complexity index is 1150. The van der Waals surface area contributed by atoms with Crippen molar-refractivity contribution in [2.45, 2.75) is 31.7 Å². The first-order valence-electron chi connectivity index (χ1n) is 11.2. The number of allylic oxidation sites excluding steroid dienone is 1. The van der Waals surface area contributed by atoms with Crippen LogP contribution in [0, 0.1) is 0 Å². The van der Waals surface area contributed by atoms with Gasteiger partial charge in [0.15, 0.2) is 17.3 Å². The Balaban J connectivity index is 1.46. The van der Waals surface area contributed by atoms with Crippen molar-refractivity contribution in [2.75, 3.05) is 27.3 Å². The van der Waals surface area contributed by atoms with Crippen molar-refractivity contribution in [1.82, 2.24) is 19.9 Å². The Labute approximate surface area is 194 Å². The van der Waals surface area contributed by atoms with Crippen LogP contribution in [-0.4, -0.2) is 47.2 Å². The first kappa shape index (κ1) is 22.7. The molecule has 7 nitrogen and oxygen atoms in total. The van der Waals surface area contributed by atoms with Gasteiger partial charge >= 0.3 is 0 Å². The van der Waals surface area contributed by atoms with Crippen molar-refractivity contribution in [2.24, 2.45) is 0 Å². The van der Waals surface area contributed by atoms with E-state index in [2.05, 4.69) is 33.6 Å². The molecule has 0 radical (unpaired) electrons. The zero-order valence-corrected chi connectivity index (χ0v) is 19.2. The van der Waals surface area contributed by atoms with E-state index in [9.17, 15) is 4.79 Å². The van der Waals surface area contributed by atoms with Crippen LogP contribution in [0.4, 0.5) is 0 Å². The minimum Gasteiger partial charge on any atom is -0.493 e. The fourth-order valence-corrected chi connectivity index (χ4v) is 4.46. The van der Waals surface area contributed by atoms with E-state index in [1.54, 1.807) is 26.5 Å². The Hall–Kier alpha value is -3.45. The molecule has 0 spiro atoms. The van der Waals surface area contributed by atoms with Crippen molar-refractivity contribution in [1.29, 1.82) is 0 Å². The number of rotatable bonds is 8. The highest BCUT2D eigenvalue weighted by atomic mass is 16.5. The molecule has 1 aliphatic rings. The largest absolute Gasteiger partial charge is 0.493 e. The number of ether oxygens (including phenoxy) is 2. The average Bonchev–Trinajstić information content (AvgIpc) is 2.84. The lowest BCUT2D eigenvalue weighted by Gasteiger charge is -2.32. The lowest BCUT2D eigenvalue weighted by atomic mass is 9.92. The number of hydrogen-bond donors (Lipinski definition) is 1. The number of H-pyrrole nitrogens is 1. The summed E-state index contributed by atoms with van der Waals surface area (Å²) in [5.41, 5.74) is 3.65. The van der Waals surface area contributed by atoms with Gasteiger partial charge in [-0.15, -0.1) is 6.58 Å². The molecular formula is C26H30N4O3. The monoisotopic (exact) mass is 446 g/mol. The number of likely N-dealkylation sites (tertiary alicyclic amines) is 1. The second-order valence-electron chi connectivity index (χ2n) is 8.27. The van der Waals surface area contributed by atoms with Crippen LogP contribution in [0.3, 0.4) is 0 Å². The third-order valence-corrected chi connectivity index (χ3v) is 6.06. The van der Waals surface area contributed by atoms with Crippen LogP contribution < -0.4 is 15.0 Å². The van der Waals surface area contributed by atoms with Crippen molar-refractivity contribution in [3.8, 4) is 23.0 Å². The first-order chi connectivity index (χ1) is 16.1. The van der Waals surface area contributed by atoms with Gasteiger partial charge in [-0.3, -0.25) is 14.7 Å². The first-order valence-corrected chi connectivity index (χ1v) is 11.2. The van der Waals surface area contributed by atoms with Gasteiger partial charge in [0.1, 0.15) is 5.69 Å². The van der Waals surface area contributed by atoms with Gasteiger partial charge in [-0.05, 0) is 56.1 Å². The van der Waals surface area contributed by atoms with E-state index in [-0.39, 0.29) is 11.5 Å². The predicted molar refractivity (Wildman–Crippen MR) is 129 cm³/mol. The number of aromatic amines is 1. The fraction of sp³-hybridized carbons (Fsp3) is 0.346. The molecule has 0 bridgehead atoms. The number of nitrogens with one attached hydrogen (secondary N) is 1. The van der Waals surface area contributed by atoms with Crippen LogP contribution in [0.2, 0.25) is 0 Å². The second-order valence-corrected chi connectivity index (χ2v) is 8.27. The summed E-state index contributed by atoms with van der Waals surface area (Å²) in [6.45, 7) is 6.56. The van der Waals surface area contributed by atoms with E-state index >= 15 is 0 Å². The number of nitrogens with zero attached hydrogens (tertiary/aromatic N) is 3. The molecule has 3 heterocycles. The molecule has 1 saturated heterocycles. The van der Waals surface area contributed by atoms with Crippen LogP contribution in [0.15, 0.2) is 60.0 Å². The van der Waals surface area contributed by atoms with E-state index < -0.39 is 0 Å². The third kappa shape index (κ3) is 5.31. The molecule has 2 aromatic heterocycles. The summed E-state index contributed by atoms with van der Waals surface area (Å²) >= 11 is 0. The normalized spacial score (nSPS) is 14.7. The zero-order chi connectivity index (χ0) is 23.2. The molecule has 4 rings (SSSR count). The van der Waals surface area contributed by atoms with Crippen LogP contribution >= 0.6 is 0 Å². The Kier molecular flexibility index (Phi) is 7.19. The summed E-state index contributed by atoms with van der Waals surface area (Å²) in [5.74, 6) is 2.30. The van der Waals surface area contributed by atoms with E-state index in [0.29, 0.717) is 11.5 Å². The van der Waals surface area contributed by atoms with E-state index in [1.165, 1.54) is 5.56 Å². The van der Waals surface area contributed by atoms with Crippen molar-refractivity contribution in [3.05, 3.63) is 82.4 Å². The maximum Gasteiger partial charge on any atom is 0.251 e. The molecule has 3 aromatic rings. The Morgan fingerprint density at radius 3 is 2.67 bits per heavy atom. The molecule has 0 aliphatic carbocycles. The Morgan fingerprint density at radius 1 is 1.18 bits per heavy atom. The number of hydrogen-bond acceptors (Lipinski definition) is 6. The predicted octanol–water partition coefficient (Wildman–Crippen LogP) is 3.96. The highest BCUT2D eigenvalue weighted by molar-refractivity contribution is 5.50. The van der Waals surface area contributed by atoms with Gasteiger partial charge in [-0.2, -0.15) is 0 Å². The molecule has 1 fully saturated rings. The van der Waals surface area contributed by atoms with Crippen molar-refractivity contribution in [3.63, 3.8) is 0 Å². The van der Waals surface area contributed by atoms with Gasteiger partial charge in [-0.25, -0.2) is 4.98 Å². The summed E-state index contributed by atoms with van der Waals surface area (Å²) in [6, 6.07) is 11.4. The highest BCUT2D eigenvalue weighted by Gasteiger charge is 2.23. The number of methoxy groups -OCH3 is 2. The maximum atomic E-state index is 12.3. The van der Waals surface area contributed by atoms with E-state index in [0.717, 1.165) is 61.7 Å². The molecule has 7 heteroatoms. The van der Waals surface area contributed by atoms with Crippen molar-refractivity contribution >= 4 is 0 Å². The maximum absolute atomic E-state index is 12.3. The lowest BCUT2D eigenvalue weighted by molar-refractivity contribution is 0.203. The smallest absolute Gasteiger partial charge is 0.251 e. The van der Waals surface area contributed by atoms with Gasteiger partial charge in [0.2, 0.25) is 0 Å². The van der Waals surface area contributed by atoms with Gasteiger partial charge in [0.25, 0.3) is 5.56 Å². The van der Waals surface area contributed by atoms with Crippen molar-refractivity contribution < 1.29 is 9.47 Å². The summed E-state index contributed by atoms with van der Waals surface area (Å²) in [4.78, 5) is 26.6. The third-order valence-electron chi connectivity index (χ3n) is 6.06.